The number of hydrogen-bond donors (Lipinski definition) is 0. The Kier molecular flexibility index (Phi) is 4.01. The Morgan fingerprint density at radius 3 is 2.23 bits per heavy atom. The molecular weight excluding hydrogens is 156 g/mol. The van der Waals surface area contributed by atoms with Crippen molar-refractivity contribution in [1.29, 1.82) is 0 Å². The Bertz CT molecular complexity index is 223. The molecule has 0 amide bonds. The number of rotatable bonds is 4. The molecule has 71 valence electrons. The first-order chi connectivity index (χ1) is 6.25. The molecule has 1 radical (unpaired) electrons. The van der Waals surface area contributed by atoms with Gasteiger partial charge in [0.05, 0.1) is 0 Å². The number of benzene rings is 1. The van der Waals surface area contributed by atoms with Gasteiger partial charge in [0.25, 0.3) is 0 Å². The van der Waals surface area contributed by atoms with Crippen molar-refractivity contribution < 1.29 is 0 Å². The number of hydrogen-bond acceptors (Lipinski definition) is 0. The van der Waals surface area contributed by atoms with Gasteiger partial charge in [-0.25, -0.2) is 0 Å². The summed E-state index contributed by atoms with van der Waals surface area (Å²) >= 11 is 0. The molecule has 0 unspecified atom stereocenters. The smallest absolute Gasteiger partial charge is 0.00751 e. The lowest BCUT2D eigenvalue weighted by molar-refractivity contribution is 0.619. The topological polar surface area (TPSA) is 0 Å². The fraction of sp³-hybridized carbons (Fsp3) is 0.462. The molecule has 1 rings (SSSR count). The molecule has 0 N–H and O–H groups in total. The summed E-state index contributed by atoms with van der Waals surface area (Å²) in [6.07, 6.45) is 2.46. The van der Waals surface area contributed by atoms with Gasteiger partial charge in [0.2, 0.25) is 0 Å². The van der Waals surface area contributed by atoms with E-state index in [0.29, 0.717) is 5.92 Å². The molecular formula is C13H19. The van der Waals surface area contributed by atoms with E-state index < -0.39 is 0 Å². The predicted octanol–water partition coefficient (Wildman–Crippen LogP) is 4.07. The van der Waals surface area contributed by atoms with Crippen LogP contribution in [0.5, 0.6) is 0 Å². The molecule has 0 aliphatic heterocycles. The third-order valence-electron chi connectivity index (χ3n) is 2.36. The summed E-state index contributed by atoms with van der Waals surface area (Å²) in [6.45, 7) is 6.79. The second-order valence-corrected chi connectivity index (χ2v) is 3.80. The minimum atomic E-state index is 0.669. The predicted molar refractivity (Wildman–Crippen MR) is 58.5 cm³/mol. The van der Waals surface area contributed by atoms with E-state index >= 15 is 0 Å². The van der Waals surface area contributed by atoms with Gasteiger partial charge in [0, 0.05) is 5.92 Å². The van der Waals surface area contributed by atoms with Crippen LogP contribution in [0.1, 0.15) is 39.2 Å². The van der Waals surface area contributed by atoms with E-state index in [1.54, 1.807) is 5.92 Å². The minimum Gasteiger partial charge on any atom is -0.0653 e. The summed E-state index contributed by atoms with van der Waals surface area (Å²) in [7, 11) is 0. The fourth-order valence-corrected chi connectivity index (χ4v) is 1.69. The maximum Gasteiger partial charge on any atom is 0.00751 e. The zero-order chi connectivity index (χ0) is 9.68. The quantitative estimate of drug-likeness (QED) is 0.647. The van der Waals surface area contributed by atoms with Crippen molar-refractivity contribution in [3.8, 4) is 0 Å². The van der Waals surface area contributed by atoms with Crippen molar-refractivity contribution >= 4 is 0 Å². The highest BCUT2D eigenvalue weighted by Crippen LogP contribution is 2.27. The van der Waals surface area contributed by atoms with Crippen molar-refractivity contribution in [2.75, 3.05) is 0 Å². The van der Waals surface area contributed by atoms with Crippen LogP contribution in [0.15, 0.2) is 30.3 Å². The Balaban J connectivity index is 2.76. The van der Waals surface area contributed by atoms with E-state index in [1.807, 2.05) is 0 Å². The highest BCUT2D eigenvalue weighted by Gasteiger charge is 2.14. The van der Waals surface area contributed by atoms with Crippen LogP contribution in [0.2, 0.25) is 0 Å². The highest BCUT2D eigenvalue weighted by atomic mass is 14.2. The van der Waals surface area contributed by atoms with Crippen LogP contribution in [-0.2, 0) is 0 Å². The van der Waals surface area contributed by atoms with Crippen LogP contribution in [0.3, 0.4) is 0 Å². The van der Waals surface area contributed by atoms with E-state index in [0.717, 1.165) is 0 Å². The van der Waals surface area contributed by atoms with Gasteiger partial charge in [-0.1, -0.05) is 57.5 Å². The maximum atomic E-state index is 2.28. The van der Waals surface area contributed by atoms with E-state index in [4.69, 9.17) is 0 Å². The second kappa shape index (κ2) is 5.06. The molecule has 0 saturated heterocycles. The molecule has 0 bridgehead atoms. The summed E-state index contributed by atoms with van der Waals surface area (Å²) in [6, 6.07) is 10.7. The van der Waals surface area contributed by atoms with Gasteiger partial charge in [-0.05, 0) is 17.9 Å². The van der Waals surface area contributed by atoms with E-state index in [9.17, 15) is 0 Å². The van der Waals surface area contributed by atoms with E-state index in [2.05, 4.69) is 51.1 Å². The summed E-state index contributed by atoms with van der Waals surface area (Å²) in [5.74, 6) is 2.26. The van der Waals surface area contributed by atoms with Crippen molar-refractivity contribution in [1.82, 2.24) is 0 Å². The van der Waals surface area contributed by atoms with Crippen LogP contribution in [0, 0.1) is 11.8 Å². The standard InChI is InChI=1S/C13H19/c1-4-8-13(11(2)3)12-9-6-5-7-10-12/h5-7,9-11H,4,8H2,1-3H3. The Morgan fingerprint density at radius 1 is 1.15 bits per heavy atom. The zero-order valence-electron chi connectivity index (χ0n) is 8.88. The van der Waals surface area contributed by atoms with E-state index in [1.165, 1.54) is 18.4 Å². The first-order valence-corrected chi connectivity index (χ1v) is 5.16. The fourth-order valence-electron chi connectivity index (χ4n) is 1.69. The summed E-state index contributed by atoms with van der Waals surface area (Å²) in [5.41, 5.74) is 1.42. The molecule has 0 nitrogen and oxygen atoms in total. The monoisotopic (exact) mass is 175 g/mol. The van der Waals surface area contributed by atoms with E-state index in [-0.39, 0.29) is 0 Å². The van der Waals surface area contributed by atoms with Crippen LogP contribution < -0.4 is 0 Å². The van der Waals surface area contributed by atoms with Crippen LogP contribution in [0.25, 0.3) is 0 Å². The summed E-state index contributed by atoms with van der Waals surface area (Å²) < 4.78 is 0. The first-order valence-electron chi connectivity index (χ1n) is 5.16. The van der Waals surface area contributed by atoms with Crippen molar-refractivity contribution in [2.24, 2.45) is 5.92 Å². The lowest BCUT2D eigenvalue weighted by atomic mass is 9.85. The Morgan fingerprint density at radius 2 is 1.77 bits per heavy atom. The van der Waals surface area contributed by atoms with Gasteiger partial charge >= 0.3 is 0 Å². The normalized spacial score (nSPS) is 11.2. The van der Waals surface area contributed by atoms with Gasteiger partial charge in [-0.15, -0.1) is 0 Å². The van der Waals surface area contributed by atoms with Gasteiger partial charge < -0.3 is 0 Å². The van der Waals surface area contributed by atoms with Crippen molar-refractivity contribution in [3.63, 3.8) is 0 Å². The van der Waals surface area contributed by atoms with Crippen LogP contribution >= 0.6 is 0 Å². The third-order valence-corrected chi connectivity index (χ3v) is 2.36. The average Bonchev–Trinajstić information content (AvgIpc) is 2.15. The lowest BCUT2D eigenvalue weighted by Crippen LogP contribution is -2.07. The molecule has 0 aliphatic carbocycles. The summed E-state index contributed by atoms with van der Waals surface area (Å²) in [5, 5.41) is 0. The molecule has 1 aromatic carbocycles. The highest BCUT2D eigenvalue weighted by molar-refractivity contribution is 5.31. The second-order valence-electron chi connectivity index (χ2n) is 3.80. The molecule has 1 aromatic rings. The van der Waals surface area contributed by atoms with Gasteiger partial charge in [0.1, 0.15) is 0 Å². The summed E-state index contributed by atoms with van der Waals surface area (Å²) in [4.78, 5) is 0. The molecule has 0 heteroatoms. The van der Waals surface area contributed by atoms with Gasteiger partial charge in [0.15, 0.2) is 0 Å². The molecule has 0 atom stereocenters. The zero-order valence-corrected chi connectivity index (χ0v) is 8.88. The molecule has 0 aromatic heterocycles. The SMILES string of the molecule is CCC[C](c1ccccc1)C(C)C. The first kappa shape index (κ1) is 10.3. The molecule has 13 heavy (non-hydrogen) atoms. The molecule has 0 spiro atoms. The molecule has 0 fully saturated rings. The van der Waals surface area contributed by atoms with Crippen molar-refractivity contribution in [3.05, 3.63) is 41.8 Å². The lowest BCUT2D eigenvalue weighted by Gasteiger charge is -2.19. The van der Waals surface area contributed by atoms with Crippen LogP contribution in [0.4, 0.5) is 0 Å². The third kappa shape index (κ3) is 2.87. The van der Waals surface area contributed by atoms with Gasteiger partial charge in [-0.3, -0.25) is 0 Å². The Hall–Kier alpha value is -0.780. The molecule has 0 aliphatic rings. The molecule has 0 saturated carbocycles. The minimum absolute atomic E-state index is 0.669. The van der Waals surface area contributed by atoms with Crippen LogP contribution in [-0.4, -0.2) is 0 Å². The maximum absolute atomic E-state index is 2.28. The van der Waals surface area contributed by atoms with Crippen molar-refractivity contribution in [2.45, 2.75) is 33.6 Å². The largest absolute Gasteiger partial charge is 0.0653 e. The van der Waals surface area contributed by atoms with Gasteiger partial charge in [-0.2, -0.15) is 0 Å². The molecule has 0 heterocycles. The average molecular weight is 175 g/mol. The Labute approximate surface area is 82.0 Å².